The van der Waals surface area contributed by atoms with E-state index in [9.17, 15) is 14.7 Å². The maximum atomic E-state index is 13.0. The number of carboxylic acids is 1. The molecule has 0 aliphatic heterocycles. The number of ether oxygens (including phenoxy) is 2. The number of hydrogen-bond acceptors (Lipinski definition) is 4. The van der Waals surface area contributed by atoms with Crippen molar-refractivity contribution in [3.8, 4) is 0 Å². The fourth-order valence-electron chi connectivity index (χ4n) is 5.86. The van der Waals surface area contributed by atoms with Gasteiger partial charge < -0.3 is 14.6 Å². The van der Waals surface area contributed by atoms with E-state index >= 15 is 0 Å². The Labute approximate surface area is 188 Å². The molecule has 1 N–H and O–H groups in total. The Kier molecular flexibility index (Phi) is 8.83. The van der Waals surface area contributed by atoms with Crippen molar-refractivity contribution in [2.24, 2.45) is 29.1 Å². The molecule has 0 saturated heterocycles. The third kappa shape index (κ3) is 7.76. The molecule has 0 amide bonds. The molecule has 3 saturated carbocycles. The minimum Gasteiger partial charge on any atom is -0.481 e. The van der Waals surface area contributed by atoms with E-state index in [0.29, 0.717) is 18.8 Å². The zero-order valence-electron chi connectivity index (χ0n) is 19.9. The first-order valence-electron chi connectivity index (χ1n) is 12.8. The molecule has 31 heavy (non-hydrogen) atoms. The fraction of sp³-hybridized carbons (Fsp3) is 0.923. The van der Waals surface area contributed by atoms with Crippen molar-refractivity contribution in [2.45, 2.75) is 116 Å². The highest BCUT2D eigenvalue weighted by Gasteiger charge is 2.41. The second kappa shape index (κ2) is 11.2. The van der Waals surface area contributed by atoms with Crippen LogP contribution in [0.15, 0.2) is 0 Å². The lowest BCUT2D eigenvalue weighted by molar-refractivity contribution is -0.167. The monoisotopic (exact) mass is 436 g/mol. The van der Waals surface area contributed by atoms with Gasteiger partial charge in [0.05, 0.1) is 24.5 Å². The van der Waals surface area contributed by atoms with Crippen LogP contribution in [0.5, 0.6) is 0 Å². The van der Waals surface area contributed by atoms with E-state index < -0.39 is 17.8 Å². The Morgan fingerprint density at radius 2 is 1.45 bits per heavy atom. The van der Waals surface area contributed by atoms with Gasteiger partial charge in [0.2, 0.25) is 0 Å². The van der Waals surface area contributed by atoms with E-state index in [-0.39, 0.29) is 23.6 Å². The molecule has 0 aromatic carbocycles. The van der Waals surface area contributed by atoms with Crippen molar-refractivity contribution in [1.29, 1.82) is 0 Å². The molecule has 178 valence electrons. The van der Waals surface area contributed by atoms with Crippen LogP contribution in [0.2, 0.25) is 0 Å². The lowest BCUT2D eigenvalue weighted by Crippen LogP contribution is -2.39. The Hall–Kier alpha value is -1.10. The van der Waals surface area contributed by atoms with Crippen LogP contribution in [0.3, 0.4) is 0 Å². The second-order valence-electron chi connectivity index (χ2n) is 11.7. The van der Waals surface area contributed by atoms with Crippen molar-refractivity contribution in [2.75, 3.05) is 6.61 Å². The van der Waals surface area contributed by atoms with Crippen molar-refractivity contribution in [3.05, 3.63) is 0 Å². The van der Waals surface area contributed by atoms with E-state index in [4.69, 9.17) is 9.47 Å². The minimum atomic E-state index is -0.836. The van der Waals surface area contributed by atoms with Crippen LogP contribution in [-0.4, -0.2) is 35.9 Å². The second-order valence-corrected chi connectivity index (χ2v) is 11.7. The largest absolute Gasteiger partial charge is 0.481 e. The minimum absolute atomic E-state index is 0.0878. The van der Waals surface area contributed by atoms with Gasteiger partial charge in [-0.25, -0.2) is 0 Å². The topological polar surface area (TPSA) is 72.8 Å². The lowest BCUT2D eigenvalue weighted by Gasteiger charge is -2.36. The highest BCUT2D eigenvalue weighted by atomic mass is 16.5. The molecule has 0 aromatic rings. The summed E-state index contributed by atoms with van der Waals surface area (Å²) >= 11 is 0. The van der Waals surface area contributed by atoms with Gasteiger partial charge in [-0.15, -0.1) is 0 Å². The predicted molar refractivity (Wildman–Crippen MR) is 121 cm³/mol. The summed E-state index contributed by atoms with van der Waals surface area (Å²) in [6.07, 6.45) is 13.6. The summed E-state index contributed by atoms with van der Waals surface area (Å²) < 4.78 is 11.9. The maximum absolute atomic E-state index is 13.0. The first kappa shape index (κ1) is 24.5. The van der Waals surface area contributed by atoms with Crippen LogP contribution in [0.4, 0.5) is 0 Å². The number of carbonyl (C=O) groups excluding carboxylic acids is 1. The molecule has 3 fully saturated rings. The molecule has 0 bridgehead atoms. The number of esters is 1. The summed E-state index contributed by atoms with van der Waals surface area (Å²) in [7, 11) is 0. The molecule has 5 nitrogen and oxygen atoms in total. The van der Waals surface area contributed by atoms with Crippen LogP contribution in [0, 0.1) is 29.1 Å². The summed E-state index contributed by atoms with van der Waals surface area (Å²) in [6.45, 7) is 7.26. The molecule has 0 aromatic heterocycles. The van der Waals surface area contributed by atoms with Crippen molar-refractivity contribution < 1.29 is 24.2 Å². The van der Waals surface area contributed by atoms with Gasteiger partial charge in [0, 0.05) is 0 Å². The Bertz CT molecular complexity index is 581. The molecule has 0 heterocycles. The van der Waals surface area contributed by atoms with Gasteiger partial charge in [-0.2, -0.15) is 0 Å². The molecule has 3 unspecified atom stereocenters. The highest BCUT2D eigenvalue weighted by molar-refractivity contribution is 5.81. The quantitative estimate of drug-likeness (QED) is 0.496. The first-order valence-corrected chi connectivity index (χ1v) is 12.8. The van der Waals surface area contributed by atoms with Gasteiger partial charge >= 0.3 is 11.9 Å². The van der Waals surface area contributed by atoms with E-state index in [2.05, 4.69) is 20.8 Å². The molecule has 0 radical (unpaired) electrons. The average molecular weight is 437 g/mol. The smallest absolute Gasteiger partial charge is 0.310 e. The molecule has 5 heteroatoms. The van der Waals surface area contributed by atoms with E-state index in [1.165, 1.54) is 32.1 Å². The van der Waals surface area contributed by atoms with Crippen molar-refractivity contribution >= 4 is 11.9 Å². The number of rotatable bonds is 7. The lowest BCUT2D eigenvalue weighted by atomic mass is 9.70. The molecular formula is C26H44O5. The van der Waals surface area contributed by atoms with Crippen LogP contribution < -0.4 is 0 Å². The summed E-state index contributed by atoms with van der Waals surface area (Å²) in [4.78, 5) is 24.9. The van der Waals surface area contributed by atoms with Crippen LogP contribution >= 0.6 is 0 Å². The van der Waals surface area contributed by atoms with Crippen molar-refractivity contribution in [3.63, 3.8) is 0 Å². The molecule has 3 aliphatic rings. The average Bonchev–Trinajstić information content (AvgIpc) is 2.73. The zero-order chi connectivity index (χ0) is 22.4. The Morgan fingerprint density at radius 1 is 0.806 bits per heavy atom. The van der Waals surface area contributed by atoms with Gasteiger partial charge in [0.1, 0.15) is 6.10 Å². The summed E-state index contributed by atoms with van der Waals surface area (Å²) in [5.41, 5.74) is 0.157. The maximum Gasteiger partial charge on any atom is 0.310 e. The van der Waals surface area contributed by atoms with Crippen LogP contribution in [0.25, 0.3) is 0 Å². The number of carboxylic acid groups (broad SMARTS) is 1. The van der Waals surface area contributed by atoms with Gasteiger partial charge in [0.25, 0.3) is 0 Å². The normalized spacial score (nSPS) is 33.1. The molecule has 0 spiro atoms. The van der Waals surface area contributed by atoms with Gasteiger partial charge in [0.15, 0.2) is 0 Å². The van der Waals surface area contributed by atoms with Crippen LogP contribution in [-0.2, 0) is 19.1 Å². The summed E-state index contributed by atoms with van der Waals surface area (Å²) in [5.74, 6) is -0.925. The fourth-order valence-corrected chi connectivity index (χ4v) is 5.86. The zero-order valence-corrected chi connectivity index (χ0v) is 19.9. The molecular weight excluding hydrogens is 392 g/mol. The van der Waals surface area contributed by atoms with E-state index in [1.54, 1.807) is 0 Å². The third-order valence-corrected chi connectivity index (χ3v) is 7.63. The standard InChI is InChI=1S/C26H44O5/c1-26(2,3)17-30-20-10-12-21(13-11-20)31-25(29)23-16-19(9-14-22(23)24(27)28)15-18-7-5-4-6-8-18/h18-23H,4-17H2,1-3H3,(H,27,28). The Balaban J connectivity index is 1.48. The molecule has 3 atom stereocenters. The number of carbonyl (C=O) groups is 2. The summed E-state index contributed by atoms with van der Waals surface area (Å²) in [6, 6.07) is 0. The molecule has 3 aliphatic carbocycles. The Morgan fingerprint density at radius 3 is 2.06 bits per heavy atom. The first-order chi connectivity index (χ1) is 14.7. The summed E-state index contributed by atoms with van der Waals surface area (Å²) in [5, 5.41) is 9.71. The van der Waals surface area contributed by atoms with Gasteiger partial charge in [-0.1, -0.05) is 52.9 Å². The van der Waals surface area contributed by atoms with E-state index in [1.807, 2.05) is 0 Å². The number of aliphatic carboxylic acids is 1. The van der Waals surface area contributed by atoms with Crippen LogP contribution in [0.1, 0.15) is 104 Å². The van der Waals surface area contributed by atoms with Gasteiger partial charge in [-0.05, 0) is 68.6 Å². The SMILES string of the molecule is CC(C)(C)COC1CCC(OC(=O)C2CC(CC3CCCCC3)CCC2C(=O)O)CC1. The third-order valence-electron chi connectivity index (χ3n) is 7.63. The van der Waals surface area contributed by atoms with E-state index in [0.717, 1.165) is 51.0 Å². The predicted octanol–water partition coefficient (Wildman–Crippen LogP) is 5.99. The van der Waals surface area contributed by atoms with Crippen molar-refractivity contribution in [1.82, 2.24) is 0 Å². The highest BCUT2D eigenvalue weighted by Crippen LogP contribution is 2.41. The van der Waals surface area contributed by atoms with Gasteiger partial charge in [-0.3, -0.25) is 9.59 Å². The molecule has 3 rings (SSSR count). The number of hydrogen-bond donors (Lipinski definition) is 1.